The Morgan fingerprint density at radius 3 is 2.64 bits per heavy atom. The monoisotopic (exact) mass is 208 g/mol. The third-order valence-electron chi connectivity index (χ3n) is 1.68. The van der Waals surface area contributed by atoms with Crippen LogP contribution in [0.1, 0.15) is 10.6 Å². The number of carbonyl (C=O) groups is 1. The second-order valence-corrected chi connectivity index (χ2v) is 2.93. The van der Waals surface area contributed by atoms with Crippen LogP contribution in [0.15, 0.2) is 35.1 Å². The molecule has 0 saturated heterocycles. The number of nitrogens with zero attached hydrogens (tertiary/aromatic N) is 2. The molecule has 14 heavy (non-hydrogen) atoms. The normalized spacial score (nSPS) is 10.1. The SMILES string of the molecule is O=C(Cl)c1cc(-c2ccncc2)no1. The molecule has 0 atom stereocenters. The fourth-order valence-corrected chi connectivity index (χ4v) is 1.12. The van der Waals surface area contributed by atoms with Crippen molar-refractivity contribution < 1.29 is 9.32 Å². The molecule has 2 heterocycles. The summed E-state index contributed by atoms with van der Waals surface area (Å²) in [6.07, 6.45) is 3.26. The third kappa shape index (κ3) is 1.65. The highest BCUT2D eigenvalue weighted by molar-refractivity contribution is 6.67. The first-order chi connectivity index (χ1) is 6.77. The third-order valence-corrected chi connectivity index (χ3v) is 1.87. The lowest BCUT2D eigenvalue weighted by Crippen LogP contribution is -1.81. The molecule has 4 nitrogen and oxygen atoms in total. The molecule has 0 spiro atoms. The first kappa shape index (κ1) is 8.90. The van der Waals surface area contributed by atoms with Crippen LogP contribution in [-0.2, 0) is 0 Å². The summed E-state index contributed by atoms with van der Waals surface area (Å²) in [7, 11) is 0. The first-order valence-corrected chi connectivity index (χ1v) is 4.22. The lowest BCUT2D eigenvalue weighted by atomic mass is 10.2. The first-order valence-electron chi connectivity index (χ1n) is 3.84. The van der Waals surface area contributed by atoms with E-state index in [2.05, 4.69) is 10.1 Å². The van der Waals surface area contributed by atoms with Gasteiger partial charge in [-0.2, -0.15) is 0 Å². The van der Waals surface area contributed by atoms with Crippen LogP contribution in [0.4, 0.5) is 0 Å². The van der Waals surface area contributed by atoms with E-state index >= 15 is 0 Å². The van der Waals surface area contributed by atoms with Crippen LogP contribution in [0.3, 0.4) is 0 Å². The van der Waals surface area contributed by atoms with Crippen molar-refractivity contribution in [3.8, 4) is 11.3 Å². The van der Waals surface area contributed by atoms with Crippen molar-refractivity contribution >= 4 is 16.8 Å². The Hall–Kier alpha value is -1.68. The van der Waals surface area contributed by atoms with Gasteiger partial charge >= 0.3 is 0 Å². The van der Waals surface area contributed by atoms with E-state index in [1.165, 1.54) is 6.07 Å². The number of carbonyl (C=O) groups excluding carboxylic acids is 1. The topological polar surface area (TPSA) is 56.0 Å². The van der Waals surface area contributed by atoms with Gasteiger partial charge in [-0.3, -0.25) is 9.78 Å². The van der Waals surface area contributed by atoms with Crippen LogP contribution in [-0.4, -0.2) is 15.4 Å². The summed E-state index contributed by atoms with van der Waals surface area (Å²) in [5.74, 6) is 0.0403. The van der Waals surface area contributed by atoms with Crippen LogP contribution in [0, 0.1) is 0 Å². The summed E-state index contributed by atoms with van der Waals surface area (Å²) in [6.45, 7) is 0. The van der Waals surface area contributed by atoms with Gasteiger partial charge in [0.1, 0.15) is 5.69 Å². The molecule has 0 amide bonds. The highest BCUT2D eigenvalue weighted by atomic mass is 35.5. The summed E-state index contributed by atoms with van der Waals surface area (Å²) in [6, 6.07) is 5.02. The smallest absolute Gasteiger partial charge is 0.290 e. The van der Waals surface area contributed by atoms with Crippen molar-refractivity contribution in [2.75, 3.05) is 0 Å². The molecule has 0 aliphatic heterocycles. The van der Waals surface area contributed by atoms with Gasteiger partial charge < -0.3 is 4.52 Å². The second kappa shape index (κ2) is 3.59. The maximum atomic E-state index is 10.7. The van der Waals surface area contributed by atoms with Crippen molar-refractivity contribution in [3.05, 3.63) is 36.4 Å². The van der Waals surface area contributed by atoms with E-state index in [0.717, 1.165) is 5.56 Å². The molecule has 2 aromatic rings. The Balaban J connectivity index is 2.39. The average Bonchev–Trinajstić information content (AvgIpc) is 2.68. The fourth-order valence-electron chi connectivity index (χ4n) is 1.03. The quantitative estimate of drug-likeness (QED) is 0.710. The maximum Gasteiger partial charge on any atom is 0.290 e. The number of pyridine rings is 1. The number of aromatic nitrogens is 2. The lowest BCUT2D eigenvalue weighted by molar-refractivity contribution is 0.104. The average molecular weight is 209 g/mol. The van der Waals surface area contributed by atoms with E-state index in [1.807, 2.05) is 0 Å². The molecule has 0 fully saturated rings. The van der Waals surface area contributed by atoms with Gasteiger partial charge in [-0.05, 0) is 23.7 Å². The summed E-state index contributed by atoms with van der Waals surface area (Å²) < 4.78 is 4.73. The maximum absolute atomic E-state index is 10.7. The molecule has 2 rings (SSSR count). The van der Waals surface area contributed by atoms with Gasteiger partial charge in [-0.1, -0.05) is 5.16 Å². The van der Waals surface area contributed by atoms with Gasteiger partial charge in [0.05, 0.1) is 0 Å². The van der Waals surface area contributed by atoms with Crippen molar-refractivity contribution in [2.24, 2.45) is 0 Å². The molecule has 70 valence electrons. The zero-order valence-corrected chi connectivity index (χ0v) is 7.73. The highest BCUT2D eigenvalue weighted by Gasteiger charge is 2.10. The van der Waals surface area contributed by atoms with E-state index in [1.54, 1.807) is 24.5 Å². The molecule has 0 aliphatic carbocycles. The molecule has 0 N–H and O–H groups in total. The molecular weight excluding hydrogens is 204 g/mol. The van der Waals surface area contributed by atoms with E-state index in [4.69, 9.17) is 16.1 Å². The van der Waals surface area contributed by atoms with Gasteiger partial charge in [0.2, 0.25) is 5.76 Å². The van der Waals surface area contributed by atoms with Crippen molar-refractivity contribution in [2.45, 2.75) is 0 Å². The van der Waals surface area contributed by atoms with Gasteiger partial charge in [0.15, 0.2) is 0 Å². The molecule has 0 bridgehead atoms. The minimum Gasteiger partial charge on any atom is -0.351 e. The lowest BCUT2D eigenvalue weighted by Gasteiger charge is -1.90. The summed E-state index contributed by atoms with van der Waals surface area (Å²) >= 11 is 5.22. The molecule has 0 radical (unpaired) electrons. The van der Waals surface area contributed by atoms with Gasteiger partial charge in [-0.25, -0.2) is 0 Å². The van der Waals surface area contributed by atoms with Gasteiger partial charge in [0.25, 0.3) is 5.24 Å². The van der Waals surface area contributed by atoms with E-state index in [0.29, 0.717) is 5.69 Å². The highest BCUT2D eigenvalue weighted by Crippen LogP contribution is 2.18. The van der Waals surface area contributed by atoms with Crippen LogP contribution in [0.5, 0.6) is 0 Å². The number of hydrogen-bond acceptors (Lipinski definition) is 4. The van der Waals surface area contributed by atoms with E-state index < -0.39 is 5.24 Å². The summed E-state index contributed by atoms with van der Waals surface area (Å²) in [4.78, 5) is 14.6. The molecule has 2 aromatic heterocycles. The largest absolute Gasteiger partial charge is 0.351 e. The summed E-state index contributed by atoms with van der Waals surface area (Å²) in [5, 5.41) is 3.04. The zero-order valence-electron chi connectivity index (χ0n) is 6.98. The van der Waals surface area contributed by atoms with Crippen LogP contribution in [0.25, 0.3) is 11.3 Å². The second-order valence-electron chi connectivity index (χ2n) is 2.59. The Morgan fingerprint density at radius 1 is 1.36 bits per heavy atom. The summed E-state index contributed by atoms with van der Waals surface area (Å²) in [5.41, 5.74) is 1.39. The van der Waals surface area contributed by atoms with Crippen LogP contribution in [0.2, 0.25) is 0 Å². The Morgan fingerprint density at radius 2 is 2.07 bits per heavy atom. The van der Waals surface area contributed by atoms with Crippen molar-refractivity contribution in [1.82, 2.24) is 10.1 Å². The van der Waals surface area contributed by atoms with Gasteiger partial charge in [-0.15, -0.1) is 0 Å². The number of halogens is 1. The predicted octanol–water partition coefficient (Wildman–Crippen LogP) is 2.12. The molecule has 5 heteroatoms. The molecule has 0 aliphatic rings. The standard InChI is InChI=1S/C9H5ClN2O2/c10-9(13)8-5-7(12-14-8)6-1-3-11-4-2-6/h1-5H. The Kier molecular flexibility index (Phi) is 2.28. The molecule has 0 aromatic carbocycles. The Bertz CT molecular complexity index is 453. The number of hydrogen-bond donors (Lipinski definition) is 0. The van der Waals surface area contributed by atoms with Crippen molar-refractivity contribution in [1.29, 1.82) is 0 Å². The van der Waals surface area contributed by atoms with Crippen LogP contribution >= 0.6 is 11.6 Å². The number of rotatable bonds is 2. The molecular formula is C9H5ClN2O2. The molecule has 0 unspecified atom stereocenters. The van der Waals surface area contributed by atoms with Crippen LogP contribution < -0.4 is 0 Å². The minimum atomic E-state index is -0.655. The molecule has 0 saturated carbocycles. The van der Waals surface area contributed by atoms with Gasteiger partial charge in [0, 0.05) is 24.0 Å². The predicted molar refractivity (Wildman–Crippen MR) is 49.9 cm³/mol. The fraction of sp³-hybridized carbons (Fsp3) is 0. The van der Waals surface area contributed by atoms with E-state index in [-0.39, 0.29) is 5.76 Å². The zero-order chi connectivity index (χ0) is 9.97. The minimum absolute atomic E-state index is 0.0403. The van der Waals surface area contributed by atoms with Crippen molar-refractivity contribution in [3.63, 3.8) is 0 Å². The van der Waals surface area contributed by atoms with E-state index in [9.17, 15) is 4.79 Å². The Labute approximate surface area is 84.5 Å².